The summed E-state index contributed by atoms with van der Waals surface area (Å²) in [6.07, 6.45) is 3.78. The Kier molecular flexibility index (Phi) is 2.48. The molecule has 0 amide bonds. The topological polar surface area (TPSA) is 17.1 Å². The lowest BCUT2D eigenvalue weighted by Gasteiger charge is -2.22. The van der Waals surface area contributed by atoms with Crippen LogP contribution in [-0.2, 0) is 4.79 Å². The minimum absolute atomic E-state index is 0.359. The summed E-state index contributed by atoms with van der Waals surface area (Å²) in [4.78, 5) is 11.3. The summed E-state index contributed by atoms with van der Waals surface area (Å²) >= 11 is 0. The fourth-order valence-corrected chi connectivity index (χ4v) is 1.50. The van der Waals surface area contributed by atoms with Gasteiger partial charge in [-0.25, -0.2) is 0 Å². The SMILES string of the molecule is CCC1=C[C@@H](C)C(C)CC1=O. The Labute approximate surface area is 68.5 Å². The Morgan fingerprint density at radius 2 is 2.18 bits per heavy atom. The lowest BCUT2D eigenvalue weighted by atomic mass is 9.82. The van der Waals surface area contributed by atoms with Crippen LogP contribution >= 0.6 is 0 Å². The Hall–Kier alpha value is -0.590. The minimum atomic E-state index is 0.359. The number of carbonyl (C=O) groups excluding carboxylic acids is 1. The Balaban J connectivity index is 2.79. The van der Waals surface area contributed by atoms with Crippen LogP contribution < -0.4 is 0 Å². The molecule has 11 heavy (non-hydrogen) atoms. The van der Waals surface area contributed by atoms with E-state index in [4.69, 9.17) is 0 Å². The summed E-state index contributed by atoms with van der Waals surface area (Å²) in [5.41, 5.74) is 1.04. The zero-order chi connectivity index (χ0) is 8.43. The number of Topliss-reactive ketones (excluding diaryl/α,β-unsaturated/α-hetero) is 1. The maximum Gasteiger partial charge on any atom is 0.158 e. The maximum absolute atomic E-state index is 11.3. The smallest absolute Gasteiger partial charge is 0.158 e. The van der Waals surface area contributed by atoms with Gasteiger partial charge in [0.2, 0.25) is 0 Å². The van der Waals surface area contributed by atoms with E-state index >= 15 is 0 Å². The van der Waals surface area contributed by atoms with Crippen molar-refractivity contribution in [3.8, 4) is 0 Å². The van der Waals surface area contributed by atoms with Gasteiger partial charge in [-0.05, 0) is 23.8 Å². The minimum Gasteiger partial charge on any atom is -0.295 e. The fourth-order valence-electron chi connectivity index (χ4n) is 1.50. The molecule has 1 aliphatic rings. The van der Waals surface area contributed by atoms with Crippen LogP contribution in [0.15, 0.2) is 11.6 Å². The van der Waals surface area contributed by atoms with Crippen molar-refractivity contribution < 1.29 is 4.79 Å². The zero-order valence-electron chi connectivity index (χ0n) is 7.55. The molecule has 0 bridgehead atoms. The molecule has 62 valence electrons. The molecule has 0 N–H and O–H groups in total. The second-order valence-electron chi connectivity index (χ2n) is 3.51. The van der Waals surface area contributed by atoms with Crippen LogP contribution in [-0.4, -0.2) is 5.78 Å². The predicted octanol–water partition coefficient (Wildman–Crippen LogP) is 2.57. The molecule has 0 aromatic rings. The van der Waals surface area contributed by atoms with Crippen LogP contribution in [0.5, 0.6) is 0 Å². The van der Waals surface area contributed by atoms with E-state index < -0.39 is 0 Å². The van der Waals surface area contributed by atoms with Crippen LogP contribution in [0.25, 0.3) is 0 Å². The first-order valence-electron chi connectivity index (χ1n) is 4.39. The quantitative estimate of drug-likeness (QED) is 0.564. The van der Waals surface area contributed by atoms with Gasteiger partial charge in [-0.2, -0.15) is 0 Å². The Bertz CT molecular complexity index is 191. The van der Waals surface area contributed by atoms with Crippen LogP contribution in [0, 0.1) is 11.8 Å². The maximum atomic E-state index is 11.3. The summed E-state index contributed by atoms with van der Waals surface area (Å²) in [5, 5.41) is 0. The van der Waals surface area contributed by atoms with E-state index in [2.05, 4.69) is 19.9 Å². The van der Waals surface area contributed by atoms with Gasteiger partial charge < -0.3 is 0 Å². The summed E-state index contributed by atoms with van der Waals surface area (Å²) in [5.74, 6) is 1.48. The van der Waals surface area contributed by atoms with E-state index in [1.807, 2.05) is 6.92 Å². The normalized spacial score (nSPS) is 31.9. The van der Waals surface area contributed by atoms with Crippen molar-refractivity contribution in [2.75, 3.05) is 0 Å². The molecule has 1 aliphatic carbocycles. The van der Waals surface area contributed by atoms with Crippen molar-refractivity contribution in [3.63, 3.8) is 0 Å². The molecular weight excluding hydrogens is 136 g/mol. The lowest BCUT2D eigenvalue weighted by molar-refractivity contribution is -0.117. The van der Waals surface area contributed by atoms with E-state index in [9.17, 15) is 4.79 Å². The zero-order valence-corrected chi connectivity index (χ0v) is 7.55. The average Bonchev–Trinajstić information content (AvgIpc) is 1.97. The summed E-state index contributed by atoms with van der Waals surface area (Å²) in [6.45, 7) is 6.38. The number of carbonyl (C=O) groups is 1. The number of allylic oxidation sites excluding steroid dienone is 2. The van der Waals surface area contributed by atoms with Crippen LogP contribution in [0.3, 0.4) is 0 Å². The molecule has 0 aliphatic heterocycles. The van der Waals surface area contributed by atoms with Gasteiger partial charge in [0.25, 0.3) is 0 Å². The lowest BCUT2D eigenvalue weighted by Crippen LogP contribution is -2.19. The molecule has 0 fully saturated rings. The number of hydrogen-bond donors (Lipinski definition) is 0. The van der Waals surface area contributed by atoms with E-state index in [-0.39, 0.29) is 0 Å². The van der Waals surface area contributed by atoms with Gasteiger partial charge in [0, 0.05) is 6.42 Å². The summed E-state index contributed by atoms with van der Waals surface area (Å²) in [7, 11) is 0. The molecule has 0 aromatic heterocycles. The second kappa shape index (κ2) is 3.21. The third-order valence-electron chi connectivity index (χ3n) is 2.61. The van der Waals surface area contributed by atoms with Gasteiger partial charge in [0.1, 0.15) is 0 Å². The molecule has 1 heteroatoms. The van der Waals surface area contributed by atoms with E-state index in [1.165, 1.54) is 0 Å². The molecule has 0 saturated heterocycles. The third-order valence-corrected chi connectivity index (χ3v) is 2.61. The largest absolute Gasteiger partial charge is 0.295 e. The van der Waals surface area contributed by atoms with E-state index in [0.717, 1.165) is 18.4 Å². The second-order valence-corrected chi connectivity index (χ2v) is 3.51. The van der Waals surface area contributed by atoms with Crippen molar-refractivity contribution >= 4 is 5.78 Å². The number of hydrogen-bond acceptors (Lipinski definition) is 1. The standard InChI is InChI=1S/C10H16O/c1-4-9-5-7(2)8(3)6-10(9)11/h5,7-8H,4,6H2,1-3H3/t7-,8?/m1/s1. The number of ketones is 1. The molecule has 1 unspecified atom stereocenters. The van der Waals surface area contributed by atoms with Gasteiger partial charge in [-0.1, -0.05) is 26.8 Å². The highest BCUT2D eigenvalue weighted by atomic mass is 16.1. The van der Waals surface area contributed by atoms with E-state index in [1.54, 1.807) is 0 Å². The highest BCUT2D eigenvalue weighted by Gasteiger charge is 2.22. The van der Waals surface area contributed by atoms with E-state index in [0.29, 0.717) is 17.6 Å². The molecule has 0 aromatic carbocycles. The highest BCUT2D eigenvalue weighted by molar-refractivity contribution is 5.96. The number of rotatable bonds is 1. The van der Waals surface area contributed by atoms with Crippen molar-refractivity contribution in [2.24, 2.45) is 11.8 Å². The van der Waals surface area contributed by atoms with Crippen LogP contribution in [0.2, 0.25) is 0 Å². The van der Waals surface area contributed by atoms with Crippen molar-refractivity contribution in [2.45, 2.75) is 33.6 Å². The molecule has 0 saturated carbocycles. The van der Waals surface area contributed by atoms with Crippen LogP contribution in [0.1, 0.15) is 33.6 Å². The first kappa shape index (κ1) is 8.51. The molecule has 0 radical (unpaired) electrons. The van der Waals surface area contributed by atoms with Gasteiger partial charge in [0.05, 0.1) is 0 Å². The summed E-state index contributed by atoms with van der Waals surface area (Å²) < 4.78 is 0. The third kappa shape index (κ3) is 1.70. The highest BCUT2D eigenvalue weighted by Crippen LogP contribution is 2.26. The Morgan fingerprint density at radius 3 is 2.73 bits per heavy atom. The molecule has 0 heterocycles. The molecule has 2 atom stereocenters. The van der Waals surface area contributed by atoms with Crippen molar-refractivity contribution in [1.82, 2.24) is 0 Å². The molecule has 1 nitrogen and oxygen atoms in total. The van der Waals surface area contributed by atoms with Crippen molar-refractivity contribution in [3.05, 3.63) is 11.6 Å². The molecule has 1 rings (SSSR count). The molecular formula is C10H16O. The van der Waals surface area contributed by atoms with Gasteiger partial charge in [0.15, 0.2) is 5.78 Å². The first-order valence-corrected chi connectivity index (χ1v) is 4.39. The van der Waals surface area contributed by atoms with Gasteiger partial charge >= 0.3 is 0 Å². The molecule has 0 spiro atoms. The van der Waals surface area contributed by atoms with Crippen molar-refractivity contribution in [1.29, 1.82) is 0 Å². The first-order chi connectivity index (χ1) is 5.15. The monoisotopic (exact) mass is 152 g/mol. The van der Waals surface area contributed by atoms with Gasteiger partial charge in [-0.15, -0.1) is 0 Å². The summed E-state index contributed by atoms with van der Waals surface area (Å²) in [6, 6.07) is 0. The predicted molar refractivity (Wildman–Crippen MR) is 46.3 cm³/mol. The Morgan fingerprint density at radius 1 is 1.55 bits per heavy atom. The van der Waals surface area contributed by atoms with Gasteiger partial charge in [-0.3, -0.25) is 4.79 Å². The average molecular weight is 152 g/mol. The van der Waals surface area contributed by atoms with Crippen LogP contribution in [0.4, 0.5) is 0 Å². The fraction of sp³-hybridized carbons (Fsp3) is 0.700.